The van der Waals surface area contributed by atoms with E-state index in [1.807, 2.05) is 43.3 Å². The van der Waals surface area contributed by atoms with E-state index in [1.54, 1.807) is 12.1 Å². The summed E-state index contributed by atoms with van der Waals surface area (Å²) in [6.07, 6.45) is 2.51. The molecule has 2 aromatic carbocycles. The van der Waals surface area contributed by atoms with Crippen LogP contribution in [0.2, 0.25) is 0 Å². The molecule has 4 N–H and O–H groups in total. The number of para-hydroxylation sites is 1. The summed E-state index contributed by atoms with van der Waals surface area (Å²) in [7, 11) is 0. The van der Waals surface area contributed by atoms with Gasteiger partial charge in [0, 0.05) is 17.1 Å². The van der Waals surface area contributed by atoms with Crippen LogP contribution >= 0.6 is 12.4 Å². The summed E-state index contributed by atoms with van der Waals surface area (Å²) in [6.45, 7) is 3.11. The molecule has 0 spiro atoms. The number of benzene rings is 2. The number of anilines is 3. The standard InChI is InChI=1S/C20H24N4O2.ClH/c1-14-7-10-17(23-20(26)22-16-5-3-2-4-6-16)11-18(14)24-19(25)13-21-12-15-8-9-15;/h2-7,10-11,15,21H,8-9,12-13H2,1H3,(H,24,25)(H2,22,23,26);1H. The molecule has 27 heavy (non-hydrogen) atoms. The number of carbonyl (C=O) groups is 2. The van der Waals surface area contributed by atoms with Crippen molar-refractivity contribution in [2.24, 2.45) is 5.92 Å². The lowest BCUT2D eigenvalue weighted by atomic mass is 10.1. The first kappa shape index (κ1) is 20.7. The lowest BCUT2D eigenvalue weighted by molar-refractivity contribution is -0.115. The van der Waals surface area contributed by atoms with E-state index < -0.39 is 0 Å². The highest BCUT2D eigenvalue weighted by Crippen LogP contribution is 2.27. The molecular weight excluding hydrogens is 364 g/mol. The van der Waals surface area contributed by atoms with Gasteiger partial charge in [0.05, 0.1) is 6.54 Å². The van der Waals surface area contributed by atoms with E-state index in [0.29, 0.717) is 23.6 Å². The van der Waals surface area contributed by atoms with Gasteiger partial charge in [-0.3, -0.25) is 4.79 Å². The molecule has 0 heterocycles. The second kappa shape index (κ2) is 9.94. The minimum Gasteiger partial charge on any atom is -0.325 e. The SMILES string of the molecule is Cc1ccc(NC(=O)Nc2ccccc2)cc1NC(=O)CNCC1CC1.Cl. The minimum atomic E-state index is -0.330. The van der Waals surface area contributed by atoms with E-state index >= 15 is 0 Å². The Bertz CT molecular complexity index is 779. The van der Waals surface area contributed by atoms with Gasteiger partial charge in [0.15, 0.2) is 0 Å². The van der Waals surface area contributed by atoms with Gasteiger partial charge < -0.3 is 21.3 Å². The van der Waals surface area contributed by atoms with E-state index in [9.17, 15) is 9.59 Å². The van der Waals surface area contributed by atoms with E-state index in [1.165, 1.54) is 12.8 Å². The molecule has 0 aromatic heterocycles. The van der Waals surface area contributed by atoms with Crippen molar-refractivity contribution >= 4 is 41.4 Å². The van der Waals surface area contributed by atoms with E-state index in [-0.39, 0.29) is 24.3 Å². The van der Waals surface area contributed by atoms with Crippen LogP contribution in [0, 0.1) is 12.8 Å². The van der Waals surface area contributed by atoms with E-state index in [2.05, 4.69) is 21.3 Å². The van der Waals surface area contributed by atoms with Crippen LogP contribution in [0.3, 0.4) is 0 Å². The number of hydrogen-bond acceptors (Lipinski definition) is 3. The fourth-order valence-electron chi connectivity index (χ4n) is 2.56. The number of amides is 3. The topological polar surface area (TPSA) is 82.3 Å². The second-order valence-corrected chi connectivity index (χ2v) is 6.60. The molecule has 6 nitrogen and oxygen atoms in total. The molecule has 0 atom stereocenters. The van der Waals surface area contributed by atoms with Crippen molar-refractivity contribution < 1.29 is 9.59 Å². The van der Waals surface area contributed by atoms with Crippen molar-refractivity contribution in [2.75, 3.05) is 29.0 Å². The van der Waals surface area contributed by atoms with Crippen molar-refractivity contribution in [2.45, 2.75) is 19.8 Å². The third-order valence-corrected chi connectivity index (χ3v) is 4.22. The zero-order chi connectivity index (χ0) is 18.4. The van der Waals surface area contributed by atoms with Crippen LogP contribution < -0.4 is 21.3 Å². The van der Waals surface area contributed by atoms with Crippen LogP contribution in [-0.4, -0.2) is 25.0 Å². The molecule has 1 saturated carbocycles. The Morgan fingerprint density at radius 2 is 1.67 bits per heavy atom. The van der Waals surface area contributed by atoms with Crippen LogP contribution in [-0.2, 0) is 4.79 Å². The summed E-state index contributed by atoms with van der Waals surface area (Å²) in [5, 5.41) is 11.6. The van der Waals surface area contributed by atoms with Gasteiger partial charge in [-0.05, 0) is 62.1 Å². The summed E-state index contributed by atoms with van der Waals surface area (Å²) in [5.74, 6) is 0.653. The Morgan fingerprint density at radius 1 is 0.963 bits per heavy atom. The summed E-state index contributed by atoms with van der Waals surface area (Å²) < 4.78 is 0. The monoisotopic (exact) mass is 388 g/mol. The summed E-state index contributed by atoms with van der Waals surface area (Å²) >= 11 is 0. The molecule has 3 rings (SSSR count). The van der Waals surface area contributed by atoms with E-state index in [4.69, 9.17) is 0 Å². The Morgan fingerprint density at radius 3 is 2.37 bits per heavy atom. The van der Waals surface area contributed by atoms with Gasteiger partial charge in [-0.25, -0.2) is 4.79 Å². The zero-order valence-corrected chi connectivity index (χ0v) is 16.1. The Balaban J connectivity index is 0.00000261. The Hall–Kier alpha value is -2.57. The minimum absolute atomic E-state index is 0. The number of halogens is 1. The molecule has 0 bridgehead atoms. The number of hydrogen-bond donors (Lipinski definition) is 4. The van der Waals surface area contributed by atoms with Crippen LogP contribution in [0.4, 0.5) is 21.9 Å². The smallest absolute Gasteiger partial charge is 0.323 e. The third-order valence-electron chi connectivity index (χ3n) is 4.22. The molecule has 144 valence electrons. The first-order valence-electron chi connectivity index (χ1n) is 8.84. The maximum absolute atomic E-state index is 12.1. The molecule has 0 radical (unpaired) electrons. The molecule has 0 saturated heterocycles. The fourth-order valence-corrected chi connectivity index (χ4v) is 2.56. The Kier molecular flexibility index (Phi) is 7.64. The van der Waals surface area contributed by atoms with Crippen LogP contribution in [0.1, 0.15) is 18.4 Å². The summed E-state index contributed by atoms with van der Waals surface area (Å²) in [4.78, 5) is 24.2. The number of aryl methyl sites for hydroxylation is 1. The average Bonchev–Trinajstić information content (AvgIpc) is 3.43. The normalized spacial score (nSPS) is 12.6. The maximum atomic E-state index is 12.1. The lowest BCUT2D eigenvalue weighted by Crippen LogP contribution is -2.29. The van der Waals surface area contributed by atoms with Crippen LogP contribution in [0.25, 0.3) is 0 Å². The highest BCUT2D eigenvalue weighted by molar-refractivity contribution is 6.00. The zero-order valence-electron chi connectivity index (χ0n) is 15.2. The van der Waals surface area contributed by atoms with Gasteiger partial charge in [0.2, 0.25) is 5.91 Å². The number of rotatable bonds is 7. The van der Waals surface area contributed by atoms with Gasteiger partial charge in [0.1, 0.15) is 0 Å². The number of urea groups is 1. The quantitative estimate of drug-likeness (QED) is 0.578. The third kappa shape index (κ3) is 6.92. The molecule has 1 fully saturated rings. The fraction of sp³-hybridized carbons (Fsp3) is 0.300. The first-order chi connectivity index (χ1) is 12.6. The van der Waals surface area contributed by atoms with Crippen LogP contribution in [0.5, 0.6) is 0 Å². The van der Waals surface area contributed by atoms with Crippen molar-refractivity contribution in [1.29, 1.82) is 0 Å². The highest BCUT2D eigenvalue weighted by atomic mass is 35.5. The molecule has 0 unspecified atom stereocenters. The van der Waals surface area contributed by atoms with Gasteiger partial charge in [-0.2, -0.15) is 0 Å². The van der Waals surface area contributed by atoms with Gasteiger partial charge in [-0.1, -0.05) is 24.3 Å². The van der Waals surface area contributed by atoms with Crippen molar-refractivity contribution in [1.82, 2.24) is 5.32 Å². The molecule has 7 heteroatoms. The van der Waals surface area contributed by atoms with Crippen molar-refractivity contribution in [3.63, 3.8) is 0 Å². The predicted octanol–water partition coefficient (Wildman–Crippen LogP) is 4.00. The molecular formula is C20H25ClN4O2. The van der Waals surface area contributed by atoms with E-state index in [0.717, 1.165) is 18.0 Å². The molecule has 2 aromatic rings. The van der Waals surface area contributed by atoms with Gasteiger partial charge in [-0.15, -0.1) is 12.4 Å². The summed E-state index contributed by atoms with van der Waals surface area (Å²) in [6, 6.07) is 14.3. The molecule has 1 aliphatic rings. The van der Waals surface area contributed by atoms with Gasteiger partial charge >= 0.3 is 6.03 Å². The number of nitrogens with one attached hydrogen (secondary N) is 4. The van der Waals surface area contributed by atoms with Crippen LogP contribution in [0.15, 0.2) is 48.5 Å². The predicted molar refractivity (Wildman–Crippen MR) is 112 cm³/mol. The van der Waals surface area contributed by atoms with Crippen molar-refractivity contribution in [3.8, 4) is 0 Å². The highest BCUT2D eigenvalue weighted by Gasteiger charge is 2.20. The summed E-state index contributed by atoms with van der Waals surface area (Å²) in [5.41, 5.74) is 2.97. The lowest BCUT2D eigenvalue weighted by Gasteiger charge is -2.12. The first-order valence-corrected chi connectivity index (χ1v) is 8.84. The Labute approximate surface area is 165 Å². The molecule has 3 amide bonds. The second-order valence-electron chi connectivity index (χ2n) is 6.60. The van der Waals surface area contributed by atoms with Crippen molar-refractivity contribution in [3.05, 3.63) is 54.1 Å². The number of carbonyl (C=O) groups excluding carboxylic acids is 2. The molecule has 1 aliphatic carbocycles. The van der Waals surface area contributed by atoms with Gasteiger partial charge in [0.25, 0.3) is 0 Å². The largest absolute Gasteiger partial charge is 0.325 e. The average molecular weight is 389 g/mol. The maximum Gasteiger partial charge on any atom is 0.323 e. The molecule has 0 aliphatic heterocycles.